The van der Waals surface area contributed by atoms with Gasteiger partial charge in [0.15, 0.2) is 0 Å². The van der Waals surface area contributed by atoms with Gasteiger partial charge in [-0.1, -0.05) is 0 Å². The lowest BCUT2D eigenvalue weighted by atomic mass is 10.2. The Hall–Kier alpha value is -1.20. The summed E-state index contributed by atoms with van der Waals surface area (Å²) in [4.78, 5) is 13.9. The van der Waals surface area contributed by atoms with Gasteiger partial charge in [0.1, 0.15) is 17.0 Å². The number of hydrogen-bond donors (Lipinski definition) is 1. The molecule has 5 heteroatoms. The fraction of sp³-hybridized carbons (Fsp3) is 0.571. The molecule has 2 aliphatic carbocycles. The molecule has 1 saturated carbocycles. The zero-order chi connectivity index (χ0) is 12.8. The molecule has 0 atom stereocenters. The van der Waals surface area contributed by atoms with E-state index in [2.05, 4.69) is 14.9 Å². The highest BCUT2D eigenvalue weighted by molar-refractivity contribution is 7.19. The molecule has 2 heterocycles. The highest BCUT2D eigenvalue weighted by Crippen LogP contribution is 2.42. The van der Waals surface area contributed by atoms with Crippen LogP contribution in [0.5, 0.6) is 0 Å². The van der Waals surface area contributed by atoms with Crippen LogP contribution in [0.4, 0.5) is 5.82 Å². The Morgan fingerprint density at radius 2 is 2.21 bits per heavy atom. The van der Waals surface area contributed by atoms with E-state index in [1.807, 2.05) is 11.3 Å². The zero-order valence-electron chi connectivity index (χ0n) is 10.8. The van der Waals surface area contributed by atoms with Crippen molar-refractivity contribution < 1.29 is 5.11 Å². The Balaban J connectivity index is 1.88. The number of aliphatic hydroxyl groups is 1. The van der Waals surface area contributed by atoms with Gasteiger partial charge < -0.3 is 10.0 Å². The quantitative estimate of drug-likeness (QED) is 0.929. The molecule has 0 saturated heterocycles. The molecule has 100 valence electrons. The SMILES string of the molecule is OCCN(c1ncnc2sc3c(c12)CCC3)C1CC1. The molecule has 0 aromatic carbocycles. The predicted octanol–water partition coefficient (Wildman–Crippen LogP) is 2.14. The first-order valence-corrected chi connectivity index (χ1v) is 7.83. The van der Waals surface area contributed by atoms with Gasteiger partial charge in [-0.3, -0.25) is 0 Å². The summed E-state index contributed by atoms with van der Waals surface area (Å²) < 4.78 is 0. The van der Waals surface area contributed by atoms with E-state index in [-0.39, 0.29) is 6.61 Å². The summed E-state index contributed by atoms with van der Waals surface area (Å²) in [6, 6.07) is 0.571. The Morgan fingerprint density at radius 1 is 1.32 bits per heavy atom. The third kappa shape index (κ3) is 1.83. The minimum absolute atomic E-state index is 0.189. The summed E-state index contributed by atoms with van der Waals surface area (Å²) in [5, 5.41) is 10.6. The van der Waals surface area contributed by atoms with Gasteiger partial charge in [-0.25, -0.2) is 9.97 Å². The van der Waals surface area contributed by atoms with Crippen molar-refractivity contribution in [3.05, 3.63) is 16.8 Å². The zero-order valence-corrected chi connectivity index (χ0v) is 11.6. The van der Waals surface area contributed by atoms with Crippen molar-refractivity contribution >= 4 is 27.4 Å². The van der Waals surface area contributed by atoms with Gasteiger partial charge in [0, 0.05) is 17.5 Å². The van der Waals surface area contributed by atoms with E-state index in [4.69, 9.17) is 0 Å². The molecule has 0 bridgehead atoms. The molecule has 0 unspecified atom stereocenters. The third-order valence-electron chi connectivity index (χ3n) is 4.08. The predicted molar refractivity (Wildman–Crippen MR) is 76.9 cm³/mol. The van der Waals surface area contributed by atoms with Crippen molar-refractivity contribution in [2.45, 2.75) is 38.1 Å². The summed E-state index contributed by atoms with van der Waals surface area (Å²) in [6.45, 7) is 0.871. The van der Waals surface area contributed by atoms with Crippen LogP contribution in [0.25, 0.3) is 10.2 Å². The Bertz CT molecular complexity index is 620. The average molecular weight is 275 g/mol. The van der Waals surface area contributed by atoms with Crippen LogP contribution in [-0.2, 0) is 12.8 Å². The van der Waals surface area contributed by atoms with Crippen molar-refractivity contribution in [2.75, 3.05) is 18.1 Å². The highest BCUT2D eigenvalue weighted by Gasteiger charge is 2.32. The highest BCUT2D eigenvalue weighted by atomic mass is 32.1. The number of hydrogen-bond acceptors (Lipinski definition) is 5. The molecule has 0 spiro atoms. The minimum atomic E-state index is 0.189. The van der Waals surface area contributed by atoms with Crippen LogP contribution in [0, 0.1) is 0 Å². The monoisotopic (exact) mass is 275 g/mol. The van der Waals surface area contributed by atoms with E-state index < -0.39 is 0 Å². The fourth-order valence-corrected chi connectivity index (χ4v) is 4.31. The molecular weight excluding hydrogens is 258 g/mol. The normalized spacial score (nSPS) is 17.9. The summed E-state index contributed by atoms with van der Waals surface area (Å²) in [6.07, 6.45) is 7.73. The summed E-state index contributed by atoms with van der Waals surface area (Å²) in [7, 11) is 0. The van der Waals surface area contributed by atoms with Crippen molar-refractivity contribution in [3.8, 4) is 0 Å². The first-order valence-electron chi connectivity index (χ1n) is 7.01. The number of aromatic nitrogens is 2. The second-order valence-electron chi connectivity index (χ2n) is 5.38. The van der Waals surface area contributed by atoms with Crippen LogP contribution < -0.4 is 4.90 Å². The lowest BCUT2D eigenvalue weighted by Crippen LogP contribution is -2.30. The van der Waals surface area contributed by atoms with Gasteiger partial charge >= 0.3 is 0 Å². The first kappa shape index (κ1) is 11.6. The van der Waals surface area contributed by atoms with Crippen LogP contribution in [0.1, 0.15) is 29.7 Å². The molecule has 2 aromatic rings. The van der Waals surface area contributed by atoms with E-state index in [0.717, 1.165) is 17.1 Å². The van der Waals surface area contributed by atoms with Crippen molar-refractivity contribution in [3.63, 3.8) is 0 Å². The van der Waals surface area contributed by atoms with Crippen LogP contribution in [0.2, 0.25) is 0 Å². The first-order chi connectivity index (χ1) is 9.38. The van der Waals surface area contributed by atoms with Crippen LogP contribution in [0.3, 0.4) is 0 Å². The van der Waals surface area contributed by atoms with Crippen molar-refractivity contribution in [1.82, 2.24) is 9.97 Å². The lowest BCUT2D eigenvalue weighted by Gasteiger charge is -2.23. The number of thiophene rings is 1. The molecule has 1 N–H and O–H groups in total. The lowest BCUT2D eigenvalue weighted by molar-refractivity contribution is 0.301. The fourth-order valence-electron chi connectivity index (χ4n) is 3.09. The van der Waals surface area contributed by atoms with E-state index >= 15 is 0 Å². The average Bonchev–Trinajstić information content (AvgIpc) is 3.04. The summed E-state index contributed by atoms with van der Waals surface area (Å²) in [5.41, 5.74) is 1.47. The Morgan fingerprint density at radius 3 is 3.00 bits per heavy atom. The van der Waals surface area contributed by atoms with Gasteiger partial charge in [0.25, 0.3) is 0 Å². The minimum Gasteiger partial charge on any atom is -0.395 e. The van der Waals surface area contributed by atoms with E-state index in [9.17, 15) is 5.11 Å². The van der Waals surface area contributed by atoms with E-state index in [1.165, 1.54) is 41.5 Å². The standard InChI is InChI=1S/C14H17N3OS/c18-7-6-17(9-4-5-9)13-12-10-2-1-3-11(10)19-14(12)16-8-15-13/h8-9,18H,1-7H2. The topological polar surface area (TPSA) is 49.2 Å². The number of aliphatic hydroxyl groups excluding tert-OH is 1. The largest absolute Gasteiger partial charge is 0.395 e. The van der Waals surface area contributed by atoms with Crippen molar-refractivity contribution in [1.29, 1.82) is 0 Å². The van der Waals surface area contributed by atoms with Gasteiger partial charge in [0.2, 0.25) is 0 Å². The molecular formula is C14H17N3OS. The van der Waals surface area contributed by atoms with Gasteiger partial charge in [0.05, 0.1) is 12.0 Å². The molecule has 4 rings (SSSR count). The Labute approximate surface area is 116 Å². The van der Waals surface area contributed by atoms with E-state index in [0.29, 0.717) is 12.6 Å². The Kier molecular flexibility index (Phi) is 2.70. The summed E-state index contributed by atoms with van der Waals surface area (Å²) in [5.74, 6) is 1.06. The molecule has 2 aromatic heterocycles. The molecule has 4 nitrogen and oxygen atoms in total. The van der Waals surface area contributed by atoms with Gasteiger partial charge in [-0.2, -0.15) is 0 Å². The number of fused-ring (bicyclic) bond motifs is 3. The summed E-state index contributed by atoms with van der Waals surface area (Å²) >= 11 is 1.83. The molecule has 0 aliphatic heterocycles. The number of nitrogens with zero attached hydrogens (tertiary/aromatic N) is 3. The van der Waals surface area contributed by atoms with Crippen LogP contribution >= 0.6 is 11.3 Å². The van der Waals surface area contributed by atoms with Gasteiger partial charge in [-0.05, 0) is 37.7 Å². The molecule has 0 radical (unpaired) electrons. The molecule has 0 amide bonds. The molecule has 1 fully saturated rings. The maximum Gasteiger partial charge on any atom is 0.141 e. The number of aryl methyl sites for hydroxylation is 2. The second kappa shape index (κ2) is 4.42. The maximum atomic E-state index is 9.31. The van der Waals surface area contributed by atoms with E-state index in [1.54, 1.807) is 6.33 Å². The molecule has 2 aliphatic rings. The number of anilines is 1. The van der Waals surface area contributed by atoms with Crippen molar-refractivity contribution in [2.24, 2.45) is 0 Å². The van der Waals surface area contributed by atoms with Crippen LogP contribution in [-0.4, -0.2) is 34.3 Å². The smallest absolute Gasteiger partial charge is 0.141 e. The molecule has 19 heavy (non-hydrogen) atoms. The maximum absolute atomic E-state index is 9.31. The third-order valence-corrected chi connectivity index (χ3v) is 5.28. The number of rotatable bonds is 4. The van der Waals surface area contributed by atoms with Crippen LogP contribution in [0.15, 0.2) is 6.33 Å². The van der Waals surface area contributed by atoms with Gasteiger partial charge in [-0.15, -0.1) is 11.3 Å². The second-order valence-corrected chi connectivity index (χ2v) is 6.47.